The van der Waals surface area contributed by atoms with E-state index in [1.54, 1.807) is 41.3 Å². The standard InChI is InChI=1S/C38H42BrN3O4S2/c1-28-13-19-33(20-14-28)42(48(45,46)35-23-21-34(47-2)22-24-35)27-37(43)41(26-30-15-17-31(39)18-16-30)36(25-29-9-5-3-6-10-29)38(44)40-32-11-7-4-8-12-32/h3,5-6,9-10,13-24,32,36H,4,7-8,11-12,25-27H2,1-2H3,(H,40,44)/t36-/m1/s1. The molecule has 1 aliphatic rings. The lowest BCUT2D eigenvalue weighted by atomic mass is 9.94. The number of aryl methyl sites for hydroxylation is 1. The van der Waals surface area contributed by atoms with Gasteiger partial charge in [0, 0.05) is 28.4 Å². The molecule has 0 bridgehead atoms. The summed E-state index contributed by atoms with van der Waals surface area (Å²) in [7, 11) is -4.16. The maximum Gasteiger partial charge on any atom is 0.264 e. The second-order valence-electron chi connectivity index (χ2n) is 12.2. The van der Waals surface area contributed by atoms with Crippen molar-refractivity contribution in [2.45, 2.75) is 73.9 Å². The Balaban J connectivity index is 1.55. The molecule has 7 nitrogen and oxygen atoms in total. The molecule has 1 fully saturated rings. The number of thioether (sulfide) groups is 1. The molecule has 1 aliphatic carbocycles. The summed E-state index contributed by atoms with van der Waals surface area (Å²) in [6, 6.07) is 30.2. The molecule has 252 valence electrons. The highest BCUT2D eigenvalue weighted by Crippen LogP contribution is 2.27. The van der Waals surface area contributed by atoms with Crippen LogP contribution in [0.4, 0.5) is 5.69 Å². The van der Waals surface area contributed by atoms with Crippen molar-refractivity contribution in [2.24, 2.45) is 0 Å². The van der Waals surface area contributed by atoms with Gasteiger partial charge in [0.1, 0.15) is 12.6 Å². The lowest BCUT2D eigenvalue weighted by Crippen LogP contribution is -2.55. The average molecular weight is 749 g/mol. The number of nitrogens with one attached hydrogen (secondary N) is 1. The first-order valence-corrected chi connectivity index (χ1v) is 19.7. The van der Waals surface area contributed by atoms with Gasteiger partial charge in [-0.05, 0) is 85.7 Å². The Bertz CT molecular complexity index is 1760. The highest BCUT2D eigenvalue weighted by Gasteiger charge is 2.35. The number of benzene rings is 4. The molecule has 0 radical (unpaired) electrons. The van der Waals surface area contributed by atoms with Gasteiger partial charge in [-0.1, -0.05) is 95.4 Å². The number of hydrogen-bond donors (Lipinski definition) is 1. The van der Waals surface area contributed by atoms with E-state index in [9.17, 15) is 18.0 Å². The number of amides is 2. The van der Waals surface area contributed by atoms with Crippen LogP contribution in [0, 0.1) is 6.92 Å². The van der Waals surface area contributed by atoms with Gasteiger partial charge in [0.2, 0.25) is 11.8 Å². The molecule has 0 unspecified atom stereocenters. The molecule has 1 N–H and O–H groups in total. The van der Waals surface area contributed by atoms with Crippen LogP contribution in [-0.2, 0) is 32.6 Å². The van der Waals surface area contributed by atoms with Crippen LogP contribution in [0.25, 0.3) is 0 Å². The minimum atomic E-state index is -4.16. The number of nitrogens with zero attached hydrogens (tertiary/aromatic N) is 2. The third-order valence-electron chi connectivity index (χ3n) is 8.74. The number of carbonyl (C=O) groups is 2. The second kappa shape index (κ2) is 16.7. The monoisotopic (exact) mass is 747 g/mol. The molecule has 0 aliphatic heterocycles. The Kier molecular flexibility index (Phi) is 12.4. The Morgan fingerprint density at radius 3 is 2.12 bits per heavy atom. The van der Waals surface area contributed by atoms with Crippen LogP contribution in [0.15, 0.2) is 117 Å². The average Bonchev–Trinajstić information content (AvgIpc) is 3.10. The summed E-state index contributed by atoms with van der Waals surface area (Å²) in [6.45, 7) is 1.58. The molecule has 0 heterocycles. The van der Waals surface area contributed by atoms with E-state index in [1.807, 2.05) is 79.9 Å². The van der Waals surface area contributed by atoms with Gasteiger partial charge in [-0.15, -0.1) is 11.8 Å². The summed E-state index contributed by atoms with van der Waals surface area (Å²) in [5.41, 5.74) is 3.07. The van der Waals surface area contributed by atoms with Crippen LogP contribution < -0.4 is 9.62 Å². The molecular weight excluding hydrogens is 706 g/mol. The van der Waals surface area contributed by atoms with Gasteiger partial charge in [-0.25, -0.2) is 8.42 Å². The Morgan fingerprint density at radius 2 is 1.50 bits per heavy atom. The van der Waals surface area contributed by atoms with Gasteiger partial charge in [0.25, 0.3) is 10.0 Å². The number of halogens is 1. The van der Waals surface area contributed by atoms with Crippen molar-refractivity contribution in [1.29, 1.82) is 0 Å². The largest absolute Gasteiger partial charge is 0.352 e. The summed E-state index contributed by atoms with van der Waals surface area (Å²) < 4.78 is 30.6. The topological polar surface area (TPSA) is 86.8 Å². The maximum absolute atomic E-state index is 14.7. The lowest BCUT2D eigenvalue weighted by molar-refractivity contribution is -0.140. The summed E-state index contributed by atoms with van der Waals surface area (Å²) in [4.78, 5) is 31.5. The van der Waals surface area contributed by atoms with E-state index in [1.165, 1.54) is 11.8 Å². The smallest absolute Gasteiger partial charge is 0.264 e. The molecule has 0 aromatic heterocycles. The zero-order chi connectivity index (χ0) is 34.1. The third-order valence-corrected chi connectivity index (χ3v) is 11.8. The van der Waals surface area contributed by atoms with E-state index in [4.69, 9.17) is 0 Å². The van der Waals surface area contributed by atoms with E-state index in [0.29, 0.717) is 5.69 Å². The van der Waals surface area contributed by atoms with Crippen molar-refractivity contribution in [3.63, 3.8) is 0 Å². The second-order valence-corrected chi connectivity index (χ2v) is 15.9. The van der Waals surface area contributed by atoms with E-state index < -0.39 is 28.5 Å². The van der Waals surface area contributed by atoms with Crippen LogP contribution >= 0.6 is 27.7 Å². The van der Waals surface area contributed by atoms with Gasteiger partial charge in [-0.2, -0.15) is 0 Å². The van der Waals surface area contributed by atoms with E-state index in [-0.39, 0.29) is 29.8 Å². The highest BCUT2D eigenvalue weighted by atomic mass is 79.9. The number of carbonyl (C=O) groups excluding carboxylic acids is 2. The highest BCUT2D eigenvalue weighted by molar-refractivity contribution is 9.10. The molecule has 1 atom stereocenters. The Morgan fingerprint density at radius 1 is 0.854 bits per heavy atom. The normalized spacial score (nSPS) is 14.2. The first-order valence-electron chi connectivity index (χ1n) is 16.3. The molecule has 5 rings (SSSR count). The van der Waals surface area contributed by atoms with E-state index >= 15 is 0 Å². The summed E-state index contributed by atoms with van der Waals surface area (Å²) >= 11 is 5.01. The van der Waals surface area contributed by atoms with Crippen molar-refractivity contribution in [2.75, 3.05) is 17.1 Å². The Hall–Kier alpha value is -3.60. The number of anilines is 1. The molecule has 10 heteroatoms. The fourth-order valence-corrected chi connectivity index (χ4v) is 8.09. The summed E-state index contributed by atoms with van der Waals surface area (Å²) in [6.07, 6.45) is 7.27. The molecule has 4 aromatic rings. The SMILES string of the molecule is CSc1ccc(S(=O)(=O)N(CC(=O)N(Cc2ccc(Br)cc2)[C@H](Cc2ccccc2)C(=O)NC2CCCCC2)c2ccc(C)cc2)cc1. The van der Waals surface area contributed by atoms with Gasteiger partial charge < -0.3 is 10.2 Å². The van der Waals surface area contributed by atoms with Gasteiger partial charge in [-0.3, -0.25) is 13.9 Å². The van der Waals surface area contributed by atoms with Crippen molar-refractivity contribution < 1.29 is 18.0 Å². The van der Waals surface area contributed by atoms with Crippen LogP contribution in [0.3, 0.4) is 0 Å². The molecule has 1 saturated carbocycles. The predicted octanol–water partition coefficient (Wildman–Crippen LogP) is 7.76. The molecule has 0 spiro atoms. The van der Waals surface area contributed by atoms with E-state index in [0.717, 1.165) is 62.5 Å². The first-order chi connectivity index (χ1) is 23.1. The fourth-order valence-electron chi connectivity index (χ4n) is 6.00. The summed E-state index contributed by atoms with van der Waals surface area (Å²) in [5, 5.41) is 3.25. The summed E-state index contributed by atoms with van der Waals surface area (Å²) in [5.74, 6) is -0.698. The van der Waals surface area contributed by atoms with Crippen molar-refractivity contribution >= 4 is 55.2 Å². The number of rotatable bonds is 13. The van der Waals surface area contributed by atoms with Crippen molar-refractivity contribution in [1.82, 2.24) is 10.2 Å². The quantitative estimate of drug-likeness (QED) is 0.141. The van der Waals surface area contributed by atoms with Crippen LogP contribution in [0.2, 0.25) is 0 Å². The maximum atomic E-state index is 14.7. The zero-order valence-corrected chi connectivity index (χ0v) is 30.6. The lowest BCUT2D eigenvalue weighted by Gasteiger charge is -2.35. The molecule has 4 aromatic carbocycles. The van der Waals surface area contributed by atoms with Crippen molar-refractivity contribution in [3.8, 4) is 0 Å². The van der Waals surface area contributed by atoms with Gasteiger partial charge in [0.15, 0.2) is 0 Å². The van der Waals surface area contributed by atoms with Gasteiger partial charge >= 0.3 is 0 Å². The van der Waals surface area contributed by atoms with Crippen LogP contribution in [0.5, 0.6) is 0 Å². The van der Waals surface area contributed by atoms with Crippen LogP contribution in [-0.4, -0.2) is 50.0 Å². The van der Waals surface area contributed by atoms with Crippen LogP contribution in [0.1, 0.15) is 48.8 Å². The predicted molar refractivity (Wildman–Crippen MR) is 198 cm³/mol. The molecule has 48 heavy (non-hydrogen) atoms. The number of sulfonamides is 1. The Labute approximate surface area is 297 Å². The minimum Gasteiger partial charge on any atom is -0.352 e. The van der Waals surface area contributed by atoms with Gasteiger partial charge in [0.05, 0.1) is 10.6 Å². The fraction of sp³-hybridized carbons (Fsp3) is 0.316. The number of hydrogen-bond acceptors (Lipinski definition) is 5. The first kappa shape index (κ1) is 35.7. The minimum absolute atomic E-state index is 0.0443. The molecule has 0 saturated heterocycles. The zero-order valence-electron chi connectivity index (χ0n) is 27.3. The van der Waals surface area contributed by atoms with E-state index in [2.05, 4.69) is 21.2 Å². The molecule has 2 amide bonds. The third kappa shape index (κ3) is 9.30. The molecular formula is C38H42BrN3O4S2. The van der Waals surface area contributed by atoms with Crippen molar-refractivity contribution in [3.05, 3.63) is 124 Å².